The van der Waals surface area contributed by atoms with Gasteiger partial charge in [0.2, 0.25) is 0 Å². The van der Waals surface area contributed by atoms with E-state index in [1.165, 1.54) is 5.56 Å². The summed E-state index contributed by atoms with van der Waals surface area (Å²) in [6.45, 7) is 1.55. The summed E-state index contributed by atoms with van der Waals surface area (Å²) in [5.41, 5.74) is 3.70. The summed E-state index contributed by atoms with van der Waals surface area (Å²) >= 11 is 0. The van der Waals surface area contributed by atoms with E-state index >= 15 is 0 Å². The van der Waals surface area contributed by atoms with Crippen LogP contribution in [0.3, 0.4) is 0 Å². The van der Waals surface area contributed by atoms with Crippen LogP contribution in [0.1, 0.15) is 30.4 Å². The maximum absolute atomic E-state index is 12.8. The third-order valence-electron chi connectivity index (χ3n) is 6.31. The van der Waals surface area contributed by atoms with Gasteiger partial charge in [-0.2, -0.15) is 5.26 Å². The number of phenols is 1. The van der Waals surface area contributed by atoms with Crippen LogP contribution in [-0.4, -0.2) is 35.6 Å². The Morgan fingerprint density at radius 1 is 1.00 bits per heavy atom. The van der Waals surface area contributed by atoms with Crippen molar-refractivity contribution in [1.29, 1.82) is 5.26 Å². The molecule has 1 N–H and O–H groups in total. The standard InChI is InChI=1S/C28H28N2O3/c29-19-23-7-11-24(12-8-23)26-3-1-2-4-27(26)33-20-28(32)30-17-15-22(16-18-30)6-5-21-9-13-25(31)14-10-21/h1-4,7-14,22,31H,5-6,15-18,20H2. The van der Waals surface area contributed by atoms with Crippen molar-refractivity contribution in [3.63, 3.8) is 0 Å². The van der Waals surface area contributed by atoms with Crippen molar-refractivity contribution in [3.05, 3.63) is 83.9 Å². The normalized spacial score (nSPS) is 14.0. The predicted molar refractivity (Wildman–Crippen MR) is 128 cm³/mol. The second-order valence-electron chi connectivity index (χ2n) is 8.50. The number of likely N-dealkylation sites (tertiary alicyclic amines) is 1. The zero-order chi connectivity index (χ0) is 23.0. The van der Waals surface area contributed by atoms with Crippen LogP contribution in [-0.2, 0) is 11.2 Å². The number of hydrogen-bond acceptors (Lipinski definition) is 4. The summed E-state index contributed by atoms with van der Waals surface area (Å²) in [4.78, 5) is 14.7. The highest BCUT2D eigenvalue weighted by molar-refractivity contribution is 5.78. The van der Waals surface area contributed by atoms with Gasteiger partial charge in [0.05, 0.1) is 11.6 Å². The average molecular weight is 441 g/mol. The third kappa shape index (κ3) is 5.93. The smallest absolute Gasteiger partial charge is 0.260 e. The van der Waals surface area contributed by atoms with E-state index in [2.05, 4.69) is 6.07 Å². The molecule has 0 saturated carbocycles. The zero-order valence-corrected chi connectivity index (χ0v) is 18.6. The van der Waals surface area contributed by atoms with Gasteiger partial charge < -0.3 is 14.7 Å². The number of nitrogens with zero attached hydrogens (tertiary/aromatic N) is 2. The summed E-state index contributed by atoms with van der Waals surface area (Å²) in [7, 11) is 0. The average Bonchev–Trinajstić information content (AvgIpc) is 2.87. The van der Waals surface area contributed by atoms with Crippen molar-refractivity contribution in [2.45, 2.75) is 25.7 Å². The molecule has 1 heterocycles. The minimum absolute atomic E-state index is 0.0154. The number of piperidine rings is 1. The van der Waals surface area contributed by atoms with Gasteiger partial charge >= 0.3 is 0 Å². The van der Waals surface area contributed by atoms with Crippen LogP contribution in [0.4, 0.5) is 0 Å². The van der Waals surface area contributed by atoms with Crippen LogP contribution in [0.15, 0.2) is 72.8 Å². The Bertz CT molecular complexity index is 1110. The first kappa shape index (κ1) is 22.4. The summed E-state index contributed by atoms with van der Waals surface area (Å²) in [5.74, 6) is 1.59. The molecular weight excluding hydrogens is 412 g/mol. The zero-order valence-electron chi connectivity index (χ0n) is 18.6. The van der Waals surface area contributed by atoms with Gasteiger partial charge in [-0.1, -0.05) is 42.5 Å². The molecule has 4 rings (SSSR count). The highest BCUT2D eigenvalue weighted by Gasteiger charge is 2.23. The Labute approximate surface area is 194 Å². The fourth-order valence-corrected chi connectivity index (χ4v) is 4.29. The summed E-state index contributed by atoms with van der Waals surface area (Å²) in [6.07, 6.45) is 4.10. The van der Waals surface area contributed by atoms with E-state index < -0.39 is 0 Å². The molecule has 3 aromatic rings. The number of hydrogen-bond donors (Lipinski definition) is 1. The lowest BCUT2D eigenvalue weighted by molar-refractivity contribution is -0.134. The number of ether oxygens (including phenoxy) is 1. The van der Waals surface area contributed by atoms with Crippen LogP contribution in [0.5, 0.6) is 11.5 Å². The van der Waals surface area contributed by atoms with Crippen molar-refractivity contribution >= 4 is 5.91 Å². The molecule has 0 spiro atoms. The van der Waals surface area contributed by atoms with Crippen molar-refractivity contribution in [1.82, 2.24) is 4.90 Å². The highest BCUT2D eigenvalue weighted by Crippen LogP contribution is 2.30. The van der Waals surface area contributed by atoms with Gasteiger partial charge in [0.15, 0.2) is 6.61 Å². The lowest BCUT2D eigenvalue weighted by Gasteiger charge is -2.32. The van der Waals surface area contributed by atoms with Crippen LogP contribution in [0.2, 0.25) is 0 Å². The summed E-state index contributed by atoms with van der Waals surface area (Å²) in [6, 6.07) is 24.6. The Morgan fingerprint density at radius 2 is 1.70 bits per heavy atom. The number of carbonyl (C=O) groups is 1. The number of nitriles is 1. The first-order chi connectivity index (χ1) is 16.1. The third-order valence-corrected chi connectivity index (χ3v) is 6.31. The van der Waals surface area contributed by atoms with Gasteiger partial charge in [-0.05, 0) is 73.1 Å². The van der Waals surface area contributed by atoms with E-state index in [1.807, 2.05) is 53.4 Å². The molecule has 0 aliphatic carbocycles. The maximum Gasteiger partial charge on any atom is 0.260 e. The first-order valence-electron chi connectivity index (χ1n) is 11.4. The van der Waals surface area contributed by atoms with Crippen molar-refractivity contribution in [2.24, 2.45) is 5.92 Å². The minimum Gasteiger partial charge on any atom is -0.508 e. The topological polar surface area (TPSA) is 73.6 Å². The molecule has 5 heteroatoms. The van der Waals surface area contributed by atoms with Crippen LogP contribution in [0, 0.1) is 17.2 Å². The Hall–Kier alpha value is -3.78. The number of rotatable bonds is 7. The van der Waals surface area contributed by atoms with Gasteiger partial charge in [-0.3, -0.25) is 4.79 Å². The monoisotopic (exact) mass is 440 g/mol. The molecular formula is C28H28N2O3. The molecule has 168 valence electrons. The van der Waals surface area contributed by atoms with Crippen LogP contribution in [0.25, 0.3) is 11.1 Å². The quantitative estimate of drug-likeness (QED) is 0.549. The SMILES string of the molecule is N#Cc1ccc(-c2ccccc2OCC(=O)N2CCC(CCc3ccc(O)cc3)CC2)cc1. The van der Waals surface area contributed by atoms with Gasteiger partial charge in [0.1, 0.15) is 11.5 Å². The predicted octanol–water partition coefficient (Wildman–Crippen LogP) is 5.18. The lowest BCUT2D eigenvalue weighted by Crippen LogP contribution is -2.41. The molecule has 0 bridgehead atoms. The number of benzene rings is 3. The van der Waals surface area contributed by atoms with Gasteiger partial charge in [0.25, 0.3) is 5.91 Å². The van der Waals surface area contributed by atoms with Crippen molar-refractivity contribution in [3.8, 4) is 28.7 Å². The van der Waals surface area contributed by atoms with Crippen molar-refractivity contribution in [2.75, 3.05) is 19.7 Å². The molecule has 0 atom stereocenters. The van der Waals surface area contributed by atoms with E-state index in [0.717, 1.165) is 49.9 Å². The summed E-state index contributed by atoms with van der Waals surface area (Å²) < 4.78 is 5.93. The molecule has 1 aliphatic rings. The summed E-state index contributed by atoms with van der Waals surface area (Å²) in [5, 5.41) is 18.4. The molecule has 1 aliphatic heterocycles. The number of phenolic OH excluding ortho intramolecular Hbond substituents is 1. The Morgan fingerprint density at radius 3 is 2.39 bits per heavy atom. The number of aromatic hydroxyl groups is 1. The number of amides is 1. The highest BCUT2D eigenvalue weighted by atomic mass is 16.5. The largest absolute Gasteiger partial charge is 0.508 e. The number of carbonyl (C=O) groups excluding carboxylic acids is 1. The number of aryl methyl sites for hydroxylation is 1. The molecule has 0 unspecified atom stereocenters. The molecule has 5 nitrogen and oxygen atoms in total. The molecule has 3 aromatic carbocycles. The second kappa shape index (κ2) is 10.7. The van der Waals surface area contributed by atoms with Crippen molar-refractivity contribution < 1.29 is 14.6 Å². The van der Waals surface area contributed by atoms with E-state index in [1.54, 1.807) is 24.3 Å². The van der Waals surface area contributed by atoms with E-state index in [9.17, 15) is 9.90 Å². The second-order valence-corrected chi connectivity index (χ2v) is 8.50. The molecule has 1 fully saturated rings. The molecule has 0 aromatic heterocycles. The first-order valence-corrected chi connectivity index (χ1v) is 11.4. The van der Waals surface area contributed by atoms with Crippen LogP contribution >= 0.6 is 0 Å². The van der Waals surface area contributed by atoms with E-state index in [0.29, 0.717) is 23.0 Å². The number of para-hydroxylation sites is 1. The molecule has 33 heavy (non-hydrogen) atoms. The van der Waals surface area contributed by atoms with Gasteiger partial charge in [-0.25, -0.2) is 0 Å². The fraction of sp³-hybridized carbons (Fsp3) is 0.286. The van der Waals surface area contributed by atoms with Gasteiger partial charge in [-0.15, -0.1) is 0 Å². The lowest BCUT2D eigenvalue weighted by atomic mass is 9.90. The molecule has 0 radical (unpaired) electrons. The van der Waals surface area contributed by atoms with Gasteiger partial charge in [0, 0.05) is 18.7 Å². The molecule has 1 saturated heterocycles. The van der Waals surface area contributed by atoms with Crippen LogP contribution < -0.4 is 4.74 Å². The maximum atomic E-state index is 12.8. The van der Waals surface area contributed by atoms with E-state index in [-0.39, 0.29) is 12.5 Å². The minimum atomic E-state index is 0.0154. The Balaban J connectivity index is 1.27. The van der Waals surface area contributed by atoms with E-state index in [4.69, 9.17) is 10.00 Å². The molecule has 1 amide bonds. The fourth-order valence-electron chi connectivity index (χ4n) is 4.29. The Kier molecular flexibility index (Phi) is 7.26.